The first-order valence-corrected chi connectivity index (χ1v) is 6.15. The number of methoxy groups -OCH3 is 2. The predicted octanol–water partition coefficient (Wildman–Crippen LogP) is 1.70. The predicted molar refractivity (Wildman–Crippen MR) is 69.2 cm³/mol. The van der Waals surface area contributed by atoms with Crippen LogP contribution in [0.2, 0.25) is 0 Å². The van der Waals surface area contributed by atoms with E-state index in [0.717, 1.165) is 30.8 Å². The molecule has 4 nitrogen and oxygen atoms in total. The van der Waals surface area contributed by atoms with Crippen molar-refractivity contribution in [1.29, 1.82) is 0 Å². The maximum atomic E-state index is 11.1. The summed E-state index contributed by atoms with van der Waals surface area (Å²) in [6.45, 7) is 1.56. The average molecular weight is 249 g/mol. The molecule has 4 heteroatoms. The van der Waals surface area contributed by atoms with Gasteiger partial charge in [0, 0.05) is 19.0 Å². The molecule has 0 bridgehead atoms. The van der Waals surface area contributed by atoms with Crippen molar-refractivity contribution in [2.24, 2.45) is 0 Å². The van der Waals surface area contributed by atoms with E-state index < -0.39 is 0 Å². The molecule has 1 aliphatic carbocycles. The fraction of sp³-hybridized carbons (Fsp3) is 0.500. The second-order valence-electron chi connectivity index (χ2n) is 4.61. The average Bonchev–Trinajstić information content (AvgIpc) is 2.36. The summed E-state index contributed by atoms with van der Waals surface area (Å²) in [5.41, 5.74) is 2.44. The molecule has 0 radical (unpaired) electrons. The number of carbonyl (C=O) groups is 1. The minimum atomic E-state index is 0.0262. The molecule has 98 valence electrons. The monoisotopic (exact) mass is 249 g/mol. The van der Waals surface area contributed by atoms with E-state index in [1.807, 2.05) is 12.1 Å². The molecule has 1 aliphatic rings. The molecular weight excluding hydrogens is 230 g/mol. The van der Waals surface area contributed by atoms with E-state index in [1.54, 1.807) is 21.1 Å². The minimum absolute atomic E-state index is 0.0262. The summed E-state index contributed by atoms with van der Waals surface area (Å²) in [5.74, 6) is 1.71. The van der Waals surface area contributed by atoms with Gasteiger partial charge in [-0.05, 0) is 36.5 Å². The second-order valence-corrected chi connectivity index (χ2v) is 4.61. The summed E-state index contributed by atoms with van der Waals surface area (Å²) in [6, 6.07) is 4.16. The standard InChI is InChI=1S/C14H19NO3/c1-9(16)15-11-4-5-13-10(6-11)7-12(17-2)8-14(13)18-3/h7-8,11H,4-6H2,1-3H3,(H,15,16)/t11-/m0/s1. The highest BCUT2D eigenvalue weighted by Gasteiger charge is 2.22. The van der Waals surface area contributed by atoms with Crippen molar-refractivity contribution < 1.29 is 14.3 Å². The molecule has 2 rings (SSSR count). The number of hydrogen-bond acceptors (Lipinski definition) is 3. The summed E-state index contributed by atoms with van der Waals surface area (Å²) < 4.78 is 10.7. The highest BCUT2D eigenvalue weighted by atomic mass is 16.5. The van der Waals surface area contributed by atoms with E-state index in [9.17, 15) is 4.79 Å². The molecule has 18 heavy (non-hydrogen) atoms. The Morgan fingerprint density at radius 2 is 2.11 bits per heavy atom. The number of hydrogen-bond donors (Lipinski definition) is 1. The van der Waals surface area contributed by atoms with E-state index in [0.29, 0.717) is 0 Å². The number of rotatable bonds is 3. The summed E-state index contributed by atoms with van der Waals surface area (Å²) in [7, 11) is 3.32. The van der Waals surface area contributed by atoms with Gasteiger partial charge >= 0.3 is 0 Å². The first-order valence-electron chi connectivity index (χ1n) is 6.15. The molecule has 1 amide bonds. The molecule has 0 spiro atoms. The fourth-order valence-corrected chi connectivity index (χ4v) is 2.54. The Labute approximate surface area is 107 Å². The Balaban J connectivity index is 2.27. The summed E-state index contributed by atoms with van der Waals surface area (Å²) in [4.78, 5) is 11.1. The van der Waals surface area contributed by atoms with Gasteiger partial charge in [-0.3, -0.25) is 4.79 Å². The van der Waals surface area contributed by atoms with E-state index in [1.165, 1.54) is 11.1 Å². The molecule has 0 unspecified atom stereocenters. The van der Waals surface area contributed by atoms with Gasteiger partial charge in [-0.2, -0.15) is 0 Å². The Bertz CT molecular complexity index is 457. The van der Waals surface area contributed by atoms with Gasteiger partial charge in [0.15, 0.2) is 0 Å². The Kier molecular flexibility index (Phi) is 3.75. The summed E-state index contributed by atoms with van der Waals surface area (Å²) in [5, 5.41) is 2.98. The summed E-state index contributed by atoms with van der Waals surface area (Å²) >= 11 is 0. The molecule has 1 atom stereocenters. The third-order valence-electron chi connectivity index (χ3n) is 3.35. The van der Waals surface area contributed by atoms with Gasteiger partial charge < -0.3 is 14.8 Å². The lowest BCUT2D eigenvalue weighted by atomic mass is 9.87. The van der Waals surface area contributed by atoms with E-state index in [-0.39, 0.29) is 11.9 Å². The number of benzene rings is 1. The lowest BCUT2D eigenvalue weighted by Crippen LogP contribution is -2.37. The van der Waals surface area contributed by atoms with E-state index >= 15 is 0 Å². The highest BCUT2D eigenvalue weighted by Crippen LogP contribution is 2.33. The van der Waals surface area contributed by atoms with Gasteiger partial charge in [0.25, 0.3) is 0 Å². The maximum Gasteiger partial charge on any atom is 0.217 e. The zero-order valence-corrected chi connectivity index (χ0v) is 11.1. The van der Waals surface area contributed by atoms with Gasteiger partial charge in [-0.1, -0.05) is 0 Å². The second kappa shape index (κ2) is 5.29. The van der Waals surface area contributed by atoms with Crippen LogP contribution in [0.25, 0.3) is 0 Å². The first kappa shape index (κ1) is 12.7. The van der Waals surface area contributed by atoms with Crippen LogP contribution in [0.1, 0.15) is 24.5 Å². The topological polar surface area (TPSA) is 47.6 Å². The van der Waals surface area contributed by atoms with Crippen molar-refractivity contribution in [3.05, 3.63) is 23.3 Å². The fourth-order valence-electron chi connectivity index (χ4n) is 2.54. The minimum Gasteiger partial charge on any atom is -0.497 e. The molecule has 1 N–H and O–H groups in total. The molecule has 0 aliphatic heterocycles. The number of nitrogens with one attached hydrogen (secondary N) is 1. The highest BCUT2D eigenvalue weighted by molar-refractivity contribution is 5.73. The Hall–Kier alpha value is -1.71. The molecule has 1 aromatic carbocycles. The first-order chi connectivity index (χ1) is 8.63. The molecule has 1 aromatic rings. The summed E-state index contributed by atoms with van der Waals surface area (Å²) in [6.07, 6.45) is 2.71. The van der Waals surface area contributed by atoms with Crippen molar-refractivity contribution >= 4 is 5.91 Å². The largest absolute Gasteiger partial charge is 0.497 e. The van der Waals surface area contributed by atoms with Crippen molar-refractivity contribution in [1.82, 2.24) is 5.32 Å². The van der Waals surface area contributed by atoms with Gasteiger partial charge in [0.1, 0.15) is 11.5 Å². The maximum absolute atomic E-state index is 11.1. The van der Waals surface area contributed by atoms with Crippen molar-refractivity contribution in [2.45, 2.75) is 32.2 Å². The van der Waals surface area contributed by atoms with Crippen LogP contribution in [-0.2, 0) is 17.6 Å². The number of amides is 1. The Morgan fingerprint density at radius 3 is 2.72 bits per heavy atom. The third-order valence-corrected chi connectivity index (χ3v) is 3.35. The van der Waals surface area contributed by atoms with Crippen molar-refractivity contribution in [3.8, 4) is 11.5 Å². The molecule has 0 aromatic heterocycles. The van der Waals surface area contributed by atoms with Crippen molar-refractivity contribution in [2.75, 3.05) is 14.2 Å². The van der Waals surface area contributed by atoms with Crippen molar-refractivity contribution in [3.63, 3.8) is 0 Å². The smallest absolute Gasteiger partial charge is 0.217 e. The lowest BCUT2D eigenvalue weighted by Gasteiger charge is -2.26. The molecule has 0 fully saturated rings. The molecule has 0 saturated carbocycles. The number of fused-ring (bicyclic) bond motifs is 1. The normalized spacial score (nSPS) is 17.8. The van der Waals surface area contributed by atoms with E-state index in [2.05, 4.69) is 5.32 Å². The lowest BCUT2D eigenvalue weighted by molar-refractivity contribution is -0.119. The van der Waals surface area contributed by atoms with Gasteiger partial charge in [0.05, 0.1) is 14.2 Å². The third kappa shape index (κ3) is 2.58. The van der Waals surface area contributed by atoms with Crippen LogP contribution in [0.4, 0.5) is 0 Å². The van der Waals surface area contributed by atoms with Crippen LogP contribution in [0, 0.1) is 0 Å². The van der Waals surface area contributed by atoms with Crippen LogP contribution in [-0.4, -0.2) is 26.2 Å². The molecular formula is C14H19NO3. The zero-order chi connectivity index (χ0) is 13.1. The van der Waals surface area contributed by atoms with Gasteiger partial charge in [-0.25, -0.2) is 0 Å². The van der Waals surface area contributed by atoms with Crippen LogP contribution in [0.3, 0.4) is 0 Å². The zero-order valence-electron chi connectivity index (χ0n) is 11.1. The number of ether oxygens (including phenoxy) is 2. The SMILES string of the molecule is COc1cc2c(c(OC)c1)CC[C@H](NC(C)=O)C2. The van der Waals surface area contributed by atoms with E-state index in [4.69, 9.17) is 9.47 Å². The number of carbonyl (C=O) groups excluding carboxylic acids is 1. The van der Waals surface area contributed by atoms with Crippen LogP contribution >= 0.6 is 0 Å². The van der Waals surface area contributed by atoms with Gasteiger partial charge in [-0.15, -0.1) is 0 Å². The molecule has 0 heterocycles. The van der Waals surface area contributed by atoms with Crippen LogP contribution < -0.4 is 14.8 Å². The quantitative estimate of drug-likeness (QED) is 0.887. The Morgan fingerprint density at radius 1 is 1.33 bits per heavy atom. The van der Waals surface area contributed by atoms with Crippen LogP contribution in [0.5, 0.6) is 11.5 Å². The molecule has 0 saturated heterocycles. The van der Waals surface area contributed by atoms with Crippen LogP contribution in [0.15, 0.2) is 12.1 Å². The van der Waals surface area contributed by atoms with Gasteiger partial charge in [0.2, 0.25) is 5.91 Å².